The topological polar surface area (TPSA) is 117 Å². The molecule has 2 amide bonds. The van der Waals surface area contributed by atoms with Gasteiger partial charge in [0.25, 0.3) is 5.91 Å². The molecular formula is C21H30N6O3. The van der Waals surface area contributed by atoms with Gasteiger partial charge in [-0.1, -0.05) is 13.3 Å². The summed E-state index contributed by atoms with van der Waals surface area (Å²) in [6, 6.07) is 2.02. The Morgan fingerprint density at radius 3 is 2.80 bits per heavy atom. The minimum atomic E-state index is -1.16. The molecule has 2 atom stereocenters. The third-order valence-corrected chi connectivity index (χ3v) is 6.73. The zero-order valence-electron chi connectivity index (χ0n) is 17.6. The molecule has 1 aliphatic carbocycles. The predicted octanol–water partition coefficient (Wildman–Crippen LogP) is 2.43. The lowest BCUT2D eigenvalue weighted by atomic mass is 9.84. The lowest BCUT2D eigenvalue weighted by molar-refractivity contribution is -0.141. The number of nitrogens with one attached hydrogen (secondary N) is 1. The van der Waals surface area contributed by atoms with Crippen LogP contribution in [-0.2, 0) is 9.53 Å². The zero-order valence-corrected chi connectivity index (χ0v) is 17.6. The first kappa shape index (κ1) is 20.4. The molecule has 1 saturated carbocycles. The van der Waals surface area contributed by atoms with Crippen LogP contribution in [0.3, 0.4) is 0 Å². The second-order valence-electron chi connectivity index (χ2n) is 8.61. The molecule has 1 aliphatic heterocycles. The number of amides is 2. The Bertz CT molecular complexity index is 922. The fourth-order valence-corrected chi connectivity index (χ4v) is 4.77. The van der Waals surface area contributed by atoms with Crippen LogP contribution in [-0.4, -0.2) is 63.6 Å². The molecule has 2 aromatic rings. The van der Waals surface area contributed by atoms with Crippen LogP contribution < -0.4 is 10.6 Å². The van der Waals surface area contributed by atoms with Crippen LogP contribution in [0.2, 0.25) is 0 Å². The van der Waals surface area contributed by atoms with Gasteiger partial charge in [-0.3, -0.25) is 4.79 Å². The molecule has 30 heavy (non-hydrogen) atoms. The number of aromatic nitrogens is 3. The number of rotatable bonds is 4. The molecule has 2 unspecified atom stereocenters. The summed E-state index contributed by atoms with van der Waals surface area (Å²) in [4.78, 5) is 40.8. The lowest BCUT2D eigenvalue weighted by Gasteiger charge is -2.43. The number of primary amides is 1. The summed E-state index contributed by atoms with van der Waals surface area (Å²) in [5.41, 5.74) is 5.26. The van der Waals surface area contributed by atoms with Crippen LogP contribution >= 0.6 is 0 Å². The maximum absolute atomic E-state index is 13.0. The summed E-state index contributed by atoms with van der Waals surface area (Å²) < 4.78 is 5.77. The average Bonchev–Trinajstić information content (AvgIpc) is 3.23. The molecule has 3 heterocycles. The molecule has 3 N–H and O–H groups in total. The van der Waals surface area contributed by atoms with Crippen molar-refractivity contribution in [2.45, 2.75) is 57.1 Å². The van der Waals surface area contributed by atoms with E-state index in [1.165, 1.54) is 0 Å². The number of hydrogen-bond donors (Lipinski definition) is 2. The van der Waals surface area contributed by atoms with Crippen molar-refractivity contribution in [1.29, 1.82) is 0 Å². The van der Waals surface area contributed by atoms with Crippen LogP contribution in [0.4, 0.5) is 10.6 Å². The maximum Gasteiger partial charge on any atom is 0.410 e. The van der Waals surface area contributed by atoms with Crippen molar-refractivity contribution in [3.05, 3.63) is 18.6 Å². The van der Waals surface area contributed by atoms with E-state index >= 15 is 0 Å². The number of fused-ring (bicyclic) bond motifs is 1. The molecule has 0 bridgehead atoms. The van der Waals surface area contributed by atoms with Crippen molar-refractivity contribution in [2.75, 3.05) is 25.0 Å². The number of H-pyrrole nitrogens is 1. The van der Waals surface area contributed by atoms with E-state index in [-0.39, 0.29) is 6.04 Å². The Hall–Kier alpha value is -2.84. The summed E-state index contributed by atoms with van der Waals surface area (Å²) in [5, 5.41) is 0.946. The molecule has 1 saturated heterocycles. The SMILES string of the molecule is CC1CCN(C(=O)OC2(C(N)=O)CCCCC2)CC1N(C)c1ncnc2[nH]ccc12. The maximum atomic E-state index is 13.0. The first-order valence-electron chi connectivity index (χ1n) is 10.7. The average molecular weight is 415 g/mol. The largest absolute Gasteiger partial charge is 0.433 e. The summed E-state index contributed by atoms with van der Waals surface area (Å²) in [7, 11) is 2.00. The molecule has 162 valence electrons. The fraction of sp³-hybridized carbons (Fsp3) is 0.619. The molecule has 0 spiro atoms. The Labute approximate surface area is 176 Å². The minimum Gasteiger partial charge on any atom is -0.433 e. The van der Waals surface area contributed by atoms with Gasteiger partial charge in [0.05, 0.1) is 11.4 Å². The van der Waals surface area contributed by atoms with Crippen molar-refractivity contribution >= 4 is 28.9 Å². The summed E-state index contributed by atoms with van der Waals surface area (Å²) in [5.74, 6) is 0.655. The monoisotopic (exact) mass is 414 g/mol. The molecule has 9 heteroatoms. The van der Waals surface area contributed by atoms with Crippen molar-refractivity contribution in [2.24, 2.45) is 11.7 Å². The standard InChI is InChI=1S/C21H30N6O3/c1-14-7-11-27(20(29)30-21(19(22)28)8-4-3-5-9-21)12-16(14)26(2)18-15-6-10-23-17(15)24-13-25-18/h6,10,13-14,16H,3-5,7-9,11-12H2,1-2H3,(H2,22,28)(H,23,24,25). The van der Waals surface area contributed by atoms with Gasteiger partial charge in [-0.2, -0.15) is 0 Å². The number of carbonyl (C=O) groups is 2. The van der Waals surface area contributed by atoms with Crippen molar-refractivity contribution in [3.8, 4) is 0 Å². The number of ether oxygens (including phenoxy) is 1. The first-order valence-corrected chi connectivity index (χ1v) is 10.7. The number of hydrogen-bond acceptors (Lipinski definition) is 6. The highest BCUT2D eigenvalue weighted by molar-refractivity contribution is 5.87. The van der Waals surface area contributed by atoms with Gasteiger partial charge in [-0.25, -0.2) is 14.8 Å². The highest BCUT2D eigenvalue weighted by Crippen LogP contribution is 2.33. The van der Waals surface area contributed by atoms with E-state index in [0.29, 0.717) is 31.8 Å². The third kappa shape index (κ3) is 3.68. The van der Waals surface area contributed by atoms with Gasteiger partial charge in [0.15, 0.2) is 5.60 Å². The molecule has 2 aromatic heterocycles. The van der Waals surface area contributed by atoms with Crippen molar-refractivity contribution in [1.82, 2.24) is 19.9 Å². The summed E-state index contributed by atoms with van der Waals surface area (Å²) in [6.07, 6.45) is 7.53. The molecule has 0 radical (unpaired) electrons. The van der Waals surface area contributed by atoms with E-state index < -0.39 is 17.6 Å². The zero-order chi connectivity index (χ0) is 21.3. The van der Waals surface area contributed by atoms with Crippen LogP contribution in [0.15, 0.2) is 18.6 Å². The summed E-state index contributed by atoms with van der Waals surface area (Å²) >= 11 is 0. The summed E-state index contributed by atoms with van der Waals surface area (Å²) in [6.45, 7) is 3.29. The fourth-order valence-electron chi connectivity index (χ4n) is 4.77. The van der Waals surface area contributed by atoms with Gasteiger partial charge in [0.1, 0.15) is 17.8 Å². The van der Waals surface area contributed by atoms with E-state index in [4.69, 9.17) is 10.5 Å². The van der Waals surface area contributed by atoms with Gasteiger partial charge in [0, 0.05) is 26.3 Å². The number of anilines is 1. The number of carbonyl (C=O) groups excluding carboxylic acids is 2. The van der Waals surface area contributed by atoms with E-state index in [1.807, 2.05) is 19.3 Å². The van der Waals surface area contributed by atoms with E-state index in [0.717, 1.165) is 42.5 Å². The van der Waals surface area contributed by atoms with Crippen LogP contribution in [0, 0.1) is 5.92 Å². The van der Waals surface area contributed by atoms with Gasteiger partial charge in [-0.05, 0) is 44.1 Å². The number of nitrogens with zero attached hydrogens (tertiary/aromatic N) is 4. The molecule has 4 rings (SSSR count). The Morgan fingerprint density at radius 2 is 2.07 bits per heavy atom. The second kappa shape index (κ2) is 8.12. The Kier molecular flexibility index (Phi) is 5.53. The van der Waals surface area contributed by atoms with E-state index in [9.17, 15) is 9.59 Å². The third-order valence-electron chi connectivity index (χ3n) is 6.73. The minimum absolute atomic E-state index is 0.0650. The van der Waals surface area contributed by atoms with Gasteiger partial charge in [0.2, 0.25) is 0 Å². The van der Waals surface area contributed by atoms with E-state index in [2.05, 4.69) is 26.8 Å². The number of nitrogens with two attached hydrogens (primary N) is 1. The van der Waals surface area contributed by atoms with Gasteiger partial charge < -0.3 is 25.3 Å². The molecule has 2 aliphatic rings. The number of aromatic amines is 1. The van der Waals surface area contributed by atoms with Gasteiger partial charge in [-0.15, -0.1) is 0 Å². The Morgan fingerprint density at radius 1 is 1.30 bits per heavy atom. The van der Waals surface area contributed by atoms with E-state index in [1.54, 1.807) is 11.2 Å². The second-order valence-corrected chi connectivity index (χ2v) is 8.61. The van der Waals surface area contributed by atoms with Crippen molar-refractivity contribution < 1.29 is 14.3 Å². The smallest absolute Gasteiger partial charge is 0.410 e. The Balaban J connectivity index is 1.51. The highest BCUT2D eigenvalue weighted by Gasteiger charge is 2.44. The molecular weight excluding hydrogens is 384 g/mol. The molecule has 0 aromatic carbocycles. The van der Waals surface area contributed by atoms with Crippen LogP contribution in [0.5, 0.6) is 0 Å². The van der Waals surface area contributed by atoms with Crippen molar-refractivity contribution in [3.63, 3.8) is 0 Å². The van der Waals surface area contributed by atoms with Crippen LogP contribution in [0.25, 0.3) is 11.0 Å². The van der Waals surface area contributed by atoms with Gasteiger partial charge >= 0.3 is 6.09 Å². The number of piperidine rings is 1. The van der Waals surface area contributed by atoms with Crippen LogP contribution in [0.1, 0.15) is 45.4 Å². The number of likely N-dealkylation sites (tertiary alicyclic amines) is 1. The lowest BCUT2D eigenvalue weighted by Crippen LogP contribution is -2.56. The molecule has 9 nitrogen and oxygen atoms in total. The molecule has 2 fully saturated rings. The normalized spacial score (nSPS) is 23.9. The first-order chi connectivity index (χ1) is 14.4. The number of likely N-dealkylation sites (N-methyl/N-ethyl adjacent to an activating group) is 1. The quantitative estimate of drug-likeness (QED) is 0.793. The predicted molar refractivity (Wildman–Crippen MR) is 113 cm³/mol. The highest BCUT2D eigenvalue weighted by atomic mass is 16.6.